The topological polar surface area (TPSA) is 73.9 Å². The summed E-state index contributed by atoms with van der Waals surface area (Å²) in [6, 6.07) is 12.5. The molecule has 0 fully saturated rings. The van der Waals surface area contributed by atoms with Crippen molar-refractivity contribution in [2.24, 2.45) is 0 Å². The van der Waals surface area contributed by atoms with Crippen LogP contribution in [0.4, 0.5) is 5.69 Å². The number of anilines is 1. The van der Waals surface area contributed by atoms with Gasteiger partial charge in [-0.15, -0.1) is 11.8 Å². The van der Waals surface area contributed by atoms with E-state index in [1.807, 2.05) is 12.1 Å². The number of amides is 1. The van der Waals surface area contributed by atoms with Gasteiger partial charge in [0.2, 0.25) is 0 Å². The van der Waals surface area contributed by atoms with Crippen molar-refractivity contribution in [3.63, 3.8) is 0 Å². The minimum absolute atomic E-state index is 0.203. The first-order chi connectivity index (χ1) is 13.5. The zero-order valence-electron chi connectivity index (χ0n) is 15.3. The van der Waals surface area contributed by atoms with Gasteiger partial charge in [-0.05, 0) is 43.3 Å². The maximum atomic E-state index is 12.3. The first-order valence-electron chi connectivity index (χ1n) is 8.79. The lowest BCUT2D eigenvalue weighted by Crippen LogP contribution is -2.30. The van der Waals surface area contributed by atoms with E-state index in [1.54, 1.807) is 30.3 Å². The van der Waals surface area contributed by atoms with E-state index in [1.165, 1.54) is 18.7 Å². The van der Waals surface area contributed by atoms with Crippen molar-refractivity contribution in [3.05, 3.63) is 47.5 Å². The van der Waals surface area contributed by atoms with Crippen LogP contribution in [0.2, 0.25) is 5.02 Å². The summed E-state index contributed by atoms with van der Waals surface area (Å²) in [4.78, 5) is 25.3. The molecule has 1 N–H and O–H groups in total. The number of halogens is 1. The van der Waals surface area contributed by atoms with E-state index in [-0.39, 0.29) is 6.42 Å². The Kier molecular flexibility index (Phi) is 7.06. The molecule has 0 saturated carbocycles. The van der Waals surface area contributed by atoms with E-state index in [9.17, 15) is 9.59 Å². The summed E-state index contributed by atoms with van der Waals surface area (Å²) in [5.41, 5.74) is 0.551. The Morgan fingerprint density at radius 2 is 1.86 bits per heavy atom. The minimum atomic E-state index is -0.902. The Bertz CT molecular complexity index is 843. The van der Waals surface area contributed by atoms with Crippen LogP contribution < -0.4 is 14.8 Å². The van der Waals surface area contributed by atoms with Crippen molar-refractivity contribution in [2.75, 3.05) is 24.3 Å². The molecule has 148 valence electrons. The van der Waals surface area contributed by atoms with Crippen LogP contribution in [-0.4, -0.2) is 36.9 Å². The number of esters is 1. The smallest absolute Gasteiger partial charge is 0.307 e. The Balaban J connectivity index is 1.43. The maximum absolute atomic E-state index is 12.3. The van der Waals surface area contributed by atoms with Gasteiger partial charge >= 0.3 is 5.97 Å². The van der Waals surface area contributed by atoms with Gasteiger partial charge in [-0.2, -0.15) is 0 Å². The lowest BCUT2D eigenvalue weighted by atomic mass is 10.2. The molecule has 0 aliphatic carbocycles. The molecule has 2 aromatic rings. The van der Waals surface area contributed by atoms with Crippen LogP contribution in [-0.2, 0) is 14.3 Å². The van der Waals surface area contributed by atoms with Gasteiger partial charge in [0.05, 0.1) is 6.42 Å². The molecule has 6 nitrogen and oxygen atoms in total. The van der Waals surface area contributed by atoms with Crippen molar-refractivity contribution in [3.8, 4) is 11.5 Å². The second-order valence-corrected chi connectivity index (χ2v) is 7.64. The molecule has 1 aliphatic heterocycles. The first-order valence-corrected chi connectivity index (χ1v) is 10.2. The number of benzene rings is 2. The Morgan fingerprint density at radius 3 is 2.61 bits per heavy atom. The Hall–Kier alpha value is -2.38. The van der Waals surface area contributed by atoms with Crippen molar-refractivity contribution in [2.45, 2.75) is 24.3 Å². The molecule has 8 heteroatoms. The first kappa shape index (κ1) is 20.4. The van der Waals surface area contributed by atoms with Gasteiger partial charge in [-0.25, -0.2) is 0 Å². The van der Waals surface area contributed by atoms with Crippen LogP contribution in [0.1, 0.15) is 13.3 Å². The number of carbonyl (C=O) groups excluding carboxylic acids is 2. The molecule has 1 atom stereocenters. The highest BCUT2D eigenvalue weighted by Crippen LogP contribution is 2.32. The molecule has 0 unspecified atom stereocenters. The SMILES string of the molecule is C[C@@H](OC(=O)CCSc1ccc(Cl)cc1)C(=O)Nc1ccc2c(c1)OCCO2. The van der Waals surface area contributed by atoms with Crippen LogP contribution in [0.5, 0.6) is 11.5 Å². The molecule has 1 heterocycles. The summed E-state index contributed by atoms with van der Waals surface area (Å²) in [7, 11) is 0. The minimum Gasteiger partial charge on any atom is -0.486 e. The lowest BCUT2D eigenvalue weighted by Gasteiger charge is -2.19. The van der Waals surface area contributed by atoms with Crippen molar-refractivity contribution < 1.29 is 23.8 Å². The number of thioether (sulfide) groups is 1. The summed E-state index contributed by atoms with van der Waals surface area (Å²) < 4.78 is 16.1. The highest BCUT2D eigenvalue weighted by atomic mass is 35.5. The predicted octanol–water partition coefficient (Wildman–Crippen LogP) is 4.16. The fourth-order valence-corrected chi connectivity index (χ4v) is 3.42. The highest BCUT2D eigenvalue weighted by molar-refractivity contribution is 7.99. The van der Waals surface area contributed by atoms with Crippen molar-refractivity contribution in [1.82, 2.24) is 0 Å². The third-order valence-electron chi connectivity index (χ3n) is 3.88. The van der Waals surface area contributed by atoms with E-state index in [0.717, 1.165) is 4.90 Å². The molecule has 1 aliphatic rings. The third kappa shape index (κ3) is 5.81. The van der Waals surface area contributed by atoms with Crippen LogP contribution in [0, 0.1) is 0 Å². The summed E-state index contributed by atoms with van der Waals surface area (Å²) >= 11 is 7.36. The molecule has 0 radical (unpaired) electrons. The third-order valence-corrected chi connectivity index (χ3v) is 5.14. The van der Waals surface area contributed by atoms with E-state index in [2.05, 4.69) is 5.32 Å². The molecule has 0 spiro atoms. The monoisotopic (exact) mass is 421 g/mol. The Morgan fingerprint density at radius 1 is 1.14 bits per heavy atom. The Labute approximate surface area is 172 Å². The van der Waals surface area contributed by atoms with Gasteiger partial charge < -0.3 is 19.5 Å². The zero-order chi connectivity index (χ0) is 19.9. The van der Waals surface area contributed by atoms with Crippen LogP contribution in [0.15, 0.2) is 47.4 Å². The molecule has 0 bridgehead atoms. The van der Waals surface area contributed by atoms with E-state index in [0.29, 0.717) is 41.2 Å². The summed E-state index contributed by atoms with van der Waals surface area (Å²) in [5, 5.41) is 3.38. The van der Waals surface area contributed by atoms with Gasteiger partial charge in [0, 0.05) is 27.4 Å². The molecule has 0 aromatic heterocycles. The number of nitrogens with one attached hydrogen (secondary N) is 1. The second-order valence-electron chi connectivity index (χ2n) is 6.03. The molecule has 1 amide bonds. The van der Waals surface area contributed by atoms with E-state index >= 15 is 0 Å². The highest BCUT2D eigenvalue weighted by Gasteiger charge is 2.19. The van der Waals surface area contributed by atoms with Crippen molar-refractivity contribution in [1.29, 1.82) is 0 Å². The number of fused-ring (bicyclic) bond motifs is 1. The van der Waals surface area contributed by atoms with Gasteiger partial charge in [-0.1, -0.05) is 11.6 Å². The maximum Gasteiger partial charge on any atom is 0.307 e. The summed E-state index contributed by atoms with van der Waals surface area (Å²) in [6.07, 6.45) is -0.698. The predicted molar refractivity (Wildman–Crippen MR) is 108 cm³/mol. The largest absolute Gasteiger partial charge is 0.486 e. The number of hydrogen-bond donors (Lipinski definition) is 1. The number of rotatable bonds is 7. The molecule has 28 heavy (non-hydrogen) atoms. The molecule has 2 aromatic carbocycles. The quantitative estimate of drug-likeness (QED) is 0.534. The fraction of sp³-hybridized carbons (Fsp3) is 0.300. The van der Waals surface area contributed by atoms with Crippen LogP contribution in [0.25, 0.3) is 0 Å². The average molecular weight is 422 g/mol. The number of carbonyl (C=O) groups is 2. The van der Waals surface area contributed by atoms with E-state index in [4.69, 9.17) is 25.8 Å². The van der Waals surface area contributed by atoms with E-state index < -0.39 is 18.0 Å². The van der Waals surface area contributed by atoms with Gasteiger partial charge in [0.1, 0.15) is 13.2 Å². The van der Waals surface area contributed by atoms with Gasteiger partial charge in [0.25, 0.3) is 5.91 Å². The average Bonchev–Trinajstić information content (AvgIpc) is 2.69. The van der Waals surface area contributed by atoms with Gasteiger partial charge in [0.15, 0.2) is 17.6 Å². The lowest BCUT2D eigenvalue weighted by molar-refractivity contribution is -0.152. The molecule has 3 rings (SSSR count). The standard InChI is InChI=1S/C20H20ClNO5S/c1-13(27-19(23)8-11-28-16-5-2-14(21)3-6-16)20(24)22-15-4-7-17-18(12-15)26-10-9-25-17/h2-7,12-13H,8-11H2,1H3,(H,22,24)/t13-/m1/s1. The van der Waals surface area contributed by atoms with Crippen LogP contribution in [0.3, 0.4) is 0 Å². The molecular formula is C20H20ClNO5S. The molecule has 0 saturated heterocycles. The zero-order valence-corrected chi connectivity index (χ0v) is 16.8. The second kappa shape index (κ2) is 9.71. The summed E-state index contributed by atoms with van der Waals surface area (Å²) in [6.45, 7) is 2.51. The molecular weight excluding hydrogens is 402 g/mol. The fourth-order valence-electron chi connectivity index (χ4n) is 2.46. The number of ether oxygens (including phenoxy) is 3. The van der Waals surface area contributed by atoms with Gasteiger partial charge in [-0.3, -0.25) is 9.59 Å². The normalized spacial score (nSPS) is 13.5. The van der Waals surface area contributed by atoms with Crippen LogP contribution >= 0.6 is 23.4 Å². The van der Waals surface area contributed by atoms with Crippen molar-refractivity contribution >= 4 is 40.9 Å². The number of hydrogen-bond acceptors (Lipinski definition) is 6. The summed E-state index contributed by atoms with van der Waals surface area (Å²) in [5.74, 6) is 0.938.